The number of nitrogen functional groups attached to an aromatic ring is 1. The number of nitrogens with two attached hydrogens (primary N) is 1. The number of hydrogen-bond donors (Lipinski definition) is 2. The molecule has 3 heterocycles. The molecule has 7 nitrogen and oxygen atoms in total. The number of Topliss-reactive ketones (excluding diaryl/α,β-unsaturated/α-hetero) is 1. The molecule has 1 spiro atoms. The van der Waals surface area contributed by atoms with E-state index in [9.17, 15) is 9.59 Å². The number of aromatic nitrogens is 3. The minimum absolute atomic E-state index is 0.0781. The zero-order chi connectivity index (χ0) is 17.6. The molecule has 1 aliphatic carbocycles. The van der Waals surface area contributed by atoms with Crippen molar-refractivity contribution >= 4 is 23.1 Å². The van der Waals surface area contributed by atoms with Crippen LogP contribution in [0, 0.1) is 6.92 Å². The molecule has 1 aliphatic heterocycles. The number of hydrogen-bond acceptors (Lipinski definition) is 6. The highest BCUT2D eigenvalue weighted by molar-refractivity contribution is 5.99. The van der Waals surface area contributed by atoms with Gasteiger partial charge in [0.25, 0.3) is 5.56 Å². The summed E-state index contributed by atoms with van der Waals surface area (Å²) in [6.07, 6.45) is 6.83. The Balaban J connectivity index is 1.84. The highest BCUT2D eigenvalue weighted by Gasteiger charge is 2.45. The lowest BCUT2D eigenvalue weighted by Gasteiger charge is -2.35. The summed E-state index contributed by atoms with van der Waals surface area (Å²) >= 11 is 0. The van der Waals surface area contributed by atoms with Crippen LogP contribution in [0.2, 0.25) is 0 Å². The third kappa shape index (κ3) is 2.50. The van der Waals surface area contributed by atoms with Crippen molar-refractivity contribution in [2.45, 2.75) is 51.0 Å². The molecule has 0 bridgehead atoms. The highest BCUT2D eigenvalue weighted by Crippen LogP contribution is 2.43. The van der Waals surface area contributed by atoms with E-state index in [4.69, 9.17) is 5.73 Å². The Morgan fingerprint density at radius 1 is 1.16 bits per heavy atom. The molecule has 1 fully saturated rings. The third-order valence-electron chi connectivity index (χ3n) is 5.35. The maximum atomic E-state index is 13.2. The van der Waals surface area contributed by atoms with Crippen LogP contribution in [0.5, 0.6) is 0 Å². The zero-order valence-electron chi connectivity index (χ0n) is 14.2. The predicted octanol–water partition coefficient (Wildman–Crippen LogP) is 2.52. The molecule has 2 aromatic heterocycles. The number of rotatable bonds is 2. The van der Waals surface area contributed by atoms with Crippen LogP contribution in [0.25, 0.3) is 0 Å². The first-order valence-electron chi connectivity index (χ1n) is 8.65. The molecule has 0 amide bonds. The van der Waals surface area contributed by atoms with E-state index in [1.807, 2.05) is 6.92 Å². The molecule has 3 N–H and O–H groups in total. The standard InChI is InChI=1S/C18H21N5O2/c1-11-7-12(22-15-8-14(19)20-10-21-15)17(25)23-16(11)13(24)9-18(23)5-3-2-4-6-18/h7-8,10H,2-6,9H2,1H3,(H3,19,20,21,22). The smallest absolute Gasteiger partial charge is 0.275 e. The lowest BCUT2D eigenvalue weighted by molar-refractivity contribution is 0.0950. The number of carbonyl (C=O) groups excluding carboxylic acids is 1. The Kier molecular flexibility index (Phi) is 3.59. The van der Waals surface area contributed by atoms with Gasteiger partial charge in [0, 0.05) is 12.5 Å². The second-order valence-corrected chi connectivity index (χ2v) is 7.07. The molecular formula is C18H21N5O2. The van der Waals surface area contributed by atoms with E-state index in [-0.39, 0.29) is 16.9 Å². The molecule has 0 aromatic carbocycles. The lowest BCUT2D eigenvalue weighted by atomic mass is 9.80. The molecule has 0 saturated heterocycles. The van der Waals surface area contributed by atoms with Crippen molar-refractivity contribution < 1.29 is 4.79 Å². The van der Waals surface area contributed by atoms with Crippen molar-refractivity contribution in [2.24, 2.45) is 0 Å². The molecular weight excluding hydrogens is 318 g/mol. The van der Waals surface area contributed by atoms with Crippen LogP contribution in [-0.4, -0.2) is 20.3 Å². The van der Waals surface area contributed by atoms with Crippen molar-refractivity contribution in [3.05, 3.63) is 40.1 Å². The summed E-state index contributed by atoms with van der Waals surface area (Å²) in [5.74, 6) is 0.871. The predicted molar refractivity (Wildman–Crippen MR) is 95.2 cm³/mol. The van der Waals surface area contributed by atoms with Crippen LogP contribution in [0.15, 0.2) is 23.3 Å². The van der Waals surface area contributed by atoms with Gasteiger partial charge in [-0.2, -0.15) is 0 Å². The largest absolute Gasteiger partial charge is 0.384 e. The maximum Gasteiger partial charge on any atom is 0.275 e. The van der Waals surface area contributed by atoms with Gasteiger partial charge in [0.1, 0.15) is 23.7 Å². The molecule has 0 atom stereocenters. The molecule has 25 heavy (non-hydrogen) atoms. The second kappa shape index (κ2) is 5.68. The van der Waals surface area contributed by atoms with Crippen LogP contribution in [-0.2, 0) is 5.54 Å². The summed E-state index contributed by atoms with van der Waals surface area (Å²) in [6.45, 7) is 1.88. The van der Waals surface area contributed by atoms with Crippen molar-refractivity contribution in [2.75, 3.05) is 11.1 Å². The topological polar surface area (TPSA) is 103 Å². The average molecular weight is 339 g/mol. The fraction of sp³-hybridized carbons (Fsp3) is 0.444. The first-order chi connectivity index (χ1) is 12.0. The first kappa shape index (κ1) is 15.8. The average Bonchev–Trinajstić information content (AvgIpc) is 2.85. The van der Waals surface area contributed by atoms with Gasteiger partial charge in [-0.25, -0.2) is 9.97 Å². The number of anilines is 3. The Hall–Kier alpha value is -2.70. The monoisotopic (exact) mass is 339 g/mol. The minimum Gasteiger partial charge on any atom is -0.384 e. The van der Waals surface area contributed by atoms with E-state index in [1.54, 1.807) is 16.7 Å². The number of nitrogens with one attached hydrogen (secondary N) is 1. The molecule has 130 valence electrons. The maximum absolute atomic E-state index is 13.2. The Bertz CT molecular complexity index is 912. The summed E-state index contributed by atoms with van der Waals surface area (Å²) in [5.41, 5.74) is 6.97. The number of aryl methyl sites for hydroxylation is 1. The van der Waals surface area contributed by atoms with E-state index in [1.165, 1.54) is 6.33 Å². The Labute approximate surface area is 145 Å². The molecule has 1 saturated carbocycles. The number of ketones is 1. The van der Waals surface area contributed by atoms with E-state index in [0.717, 1.165) is 37.7 Å². The highest BCUT2D eigenvalue weighted by atomic mass is 16.1. The van der Waals surface area contributed by atoms with Gasteiger partial charge in [-0.15, -0.1) is 0 Å². The van der Waals surface area contributed by atoms with Crippen LogP contribution in [0.4, 0.5) is 17.3 Å². The van der Waals surface area contributed by atoms with E-state index in [0.29, 0.717) is 29.4 Å². The Morgan fingerprint density at radius 3 is 2.64 bits per heavy atom. The first-order valence-corrected chi connectivity index (χ1v) is 8.65. The van der Waals surface area contributed by atoms with Gasteiger partial charge in [0.2, 0.25) is 0 Å². The van der Waals surface area contributed by atoms with Crippen LogP contribution < -0.4 is 16.6 Å². The van der Waals surface area contributed by atoms with Crippen LogP contribution in [0.3, 0.4) is 0 Å². The fourth-order valence-corrected chi connectivity index (χ4v) is 4.28. The molecule has 2 aliphatic rings. The molecule has 4 rings (SSSR count). The van der Waals surface area contributed by atoms with Crippen molar-refractivity contribution in [1.29, 1.82) is 0 Å². The number of carbonyl (C=O) groups is 1. The number of fused-ring (bicyclic) bond motifs is 2. The van der Waals surface area contributed by atoms with Gasteiger partial charge in [-0.05, 0) is 31.4 Å². The zero-order valence-corrected chi connectivity index (χ0v) is 14.2. The quantitative estimate of drug-likeness (QED) is 0.871. The van der Waals surface area contributed by atoms with E-state index >= 15 is 0 Å². The van der Waals surface area contributed by atoms with E-state index in [2.05, 4.69) is 15.3 Å². The van der Waals surface area contributed by atoms with Gasteiger partial charge in [0.05, 0.1) is 11.2 Å². The second-order valence-electron chi connectivity index (χ2n) is 7.07. The van der Waals surface area contributed by atoms with Gasteiger partial charge in [0.15, 0.2) is 5.78 Å². The lowest BCUT2D eigenvalue weighted by Crippen LogP contribution is -2.40. The van der Waals surface area contributed by atoms with Gasteiger partial charge >= 0.3 is 0 Å². The molecule has 0 unspecified atom stereocenters. The summed E-state index contributed by atoms with van der Waals surface area (Å²) in [7, 11) is 0. The normalized spacial score (nSPS) is 18.4. The molecule has 0 radical (unpaired) electrons. The molecule has 7 heteroatoms. The molecule has 2 aromatic rings. The van der Waals surface area contributed by atoms with Crippen LogP contribution >= 0.6 is 0 Å². The Morgan fingerprint density at radius 2 is 1.92 bits per heavy atom. The SMILES string of the molecule is Cc1cc(Nc2cc(N)ncn2)c(=O)n2c1C(=O)CC21CCCCC1. The van der Waals surface area contributed by atoms with Gasteiger partial charge in [-0.1, -0.05) is 19.3 Å². The van der Waals surface area contributed by atoms with Gasteiger partial charge in [-0.3, -0.25) is 14.2 Å². The van der Waals surface area contributed by atoms with E-state index < -0.39 is 0 Å². The van der Waals surface area contributed by atoms with Crippen molar-refractivity contribution in [1.82, 2.24) is 14.5 Å². The van der Waals surface area contributed by atoms with Crippen molar-refractivity contribution in [3.8, 4) is 0 Å². The summed E-state index contributed by atoms with van der Waals surface area (Å²) in [6, 6.07) is 3.31. The van der Waals surface area contributed by atoms with Crippen molar-refractivity contribution in [3.63, 3.8) is 0 Å². The number of nitrogens with zero attached hydrogens (tertiary/aromatic N) is 3. The summed E-state index contributed by atoms with van der Waals surface area (Å²) < 4.78 is 1.76. The van der Waals surface area contributed by atoms with Crippen LogP contribution in [0.1, 0.15) is 54.6 Å². The summed E-state index contributed by atoms with van der Waals surface area (Å²) in [5, 5.41) is 3.04. The van der Waals surface area contributed by atoms with Gasteiger partial charge < -0.3 is 11.1 Å². The summed E-state index contributed by atoms with van der Waals surface area (Å²) in [4.78, 5) is 33.8. The minimum atomic E-state index is -0.352. The fourth-order valence-electron chi connectivity index (χ4n) is 4.28. The number of pyridine rings is 1. The third-order valence-corrected chi connectivity index (χ3v) is 5.35.